The number of carbonyl (C=O) groups excluding carboxylic acids is 2. The average molecular weight is 338 g/mol. The zero-order valence-corrected chi connectivity index (χ0v) is 14.9. The van der Waals surface area contributed by atoms with Gasteiger partial charge in [-0.05, 0) is 23.5 Å². The second kappa shape index (κ2) is 9.62. The highest BCUT2D eigenvalue weighted by Gasteiger charge is 2.14. The fourth-order valence-electron chi connectivity index (χ4n) is 2.65. The molecule has 0 radical (unpaired) electrons. The first-order valence-electron chi connectivity index (χ1n) is 8.67. The summed E-state index contributed by atoms with van der Waals surface area (Å²) in [5, 5.41) is 2.93. The highest BCUT2D eigenvalue weighted by molar-refractivity contribution is 5.83. The molecule has 0 unspecified atom stereocenters. The third-order valence-corrected chi connectivity index (χ3v) is 4.27. The molecule has 2 aromatic carbocycles. The van der Waals surface area contributed by atoms with Crippen molar-refractivity contribution >= 4 is 11.8 Å². The normalized spacial score (nSPS) is 11.6. The number of nitrogens with one attached hydrogen (secondary N) is 1. The predicted molar refractivity (Wildman–Crippen MR) is 100 cm³/mol. The van der Waals surface area contributed by atoms with Crippen molar-refractivity contribution in [1.29, 1.82) is 0 Å². The van der Waals surface area contributed by atoms with Crippen LogP contribution in [0.3, 0.4) is 0 Å². The molecule has 25 heavy (non-hydrogen) atoms. The van der Waals surface area contributed by atoms with Gasteiger partial charge in [0.05, 0.1) is 6.54 Å². The number of carbonyl (C=O) groups is 2. The summed E-state index contributed by atoms with van der Waals surface area (Å²) in [6, 6.07) is 20.1. The van der Waals surface area contributed by atoms with Crippen LogP contribution in [0.2, 0.25) is 0 Å². The van der Waals surface area contributed by atoms with Gasteiger partial charge < -0.3 is 10.2 Å². The first-order valence-corrected chi connectivity index (χ1v) is 8.67. The summed E-state index contributed by atoms with van der Waals surface area (Å²) >= 11 is 0. The van der Waals surface area contributed by atoms with E-state index < -0.39 is 0 Å². The number of amides is 2. The molecule has 0 saturated carbocycles. The van der Waals surface area contributed by atoms with Crippen LogP contribution in [0.1, 0.15) is 30.9 Å². The second-order valence-corrected chi connectivity index (χ2v) is 6.29. The highest BCUT2D eigenvalue weighted by atomic mass is 16.2. The van der Waals surface area contributed by atoms with Gasteiger partial charge in [-0.2, -0.15) is 0 Å². The maximum atomic E-state index is 12.2. The molecule has 0 aliphatic carbocycles. The van der Waals surface area contributed by atoms with Gasteiger partial charge in [-0.1, -0.05) is 67.6 Å². The van der Waals surface area contributed by atoms with E-state index >= 15 is 0 Å². The third kappa shape index (κ3) is 6.42. The molecule has 2 amide bonds. The molecule has 0 spiro atoms. The summed E-state index contributed by atoms with van der Waals surface area (Å²) in [6.45, 7) is 4.79. The molecular formula is C21H26N2O2. The van der Waals surface area contributed by atoms with Crippen LogP contribution < -0.4 is 5.32 Å². The van der Waals surface area contributed by atoms with E-state index in [1.165, 1.54) is 12.5 Å². The van der Waals surface area contributed by atoms with E-state index in [0.29, 0.717) is 13.1 Å². The van der Waals surface area contributed by atoms with Crippen molar-refractivity contribution in [3.05, 3.63) is 71.8 Å². The lowest BCUT2D eigenvalue weighted by atomic mass is 10.0. The van der Waals surface area contributed by atoms with E-state index in [1.807, 2.05) is 48.5 Å². The molecule has 0 saturated heterocycles. The monoisotopic (exact) mass is 338 g/mol. The fraction of sp³-hybridized carbons (Fsp3) is 0.333. The SMILES string of the molecule is CC(=O)N(CCc1ccccc1)CC(=O)NC[C@@H](C)c1ccccc1. The Balaban J connectivity index is 1.80. The van der Waals surface area contributed by atoms with Gasteiger partial charge in [-0.25, -0.2) is 0 Å². The van der Waals surface area contributed by atoms with E-state index in [1.54, 1.807) is 4.90 Å². The summed E-state index contributed by atoms with van der Waals surface area (Å²) in [4.78, 5) is 25.6. The van der Waals surface area contributed by atoms with Gasteiger partial charge in [0.15, 0.2) is 0 Å². The minimum absolute atomic E-state index is 0.0813. The zero-order valence-electron chi connectivity index (χ0n) is 14.9. The molecule has 1 atom stereocenters. The Morgan fingerprint density at radius 2 is 1.60 bits per heavy atom. The van der Waals surface area contributed by atoms with Crippen LogP contribution in [0.15, 0.2) is 60.7 Å². The second-order valence-electron chi connectivity index (χ2n) is 6.29. The summed E-state index contributed by atoms with van der Waals surface area (Å²) in [5.41, 5.74) is 2.35. The Bertz CT molecular complexity index is 671. The molecule has 132 valence electrons. The van der Waals surface area contributed by atoms with Crippen LogP contribution in [-0.4, -0.2) is 36.3 Å². The van der Waals surface area contributed by atoms with E-state index in [2.05, 4.69) is 24.4 Å². The van der Waals surface area contributed by atoms with Gasteiger partial charge in [0, 0.05) is 20.0 Å². The van der Waals surface area contributed by atoms with Gasteiger partial charge in [-0.15, -0.1) is 0 Å². The molecule has 2 rings (SSSR count). The number of hydrogen-bond acceptors (Lipinski definition) is 2. The molecule has 4 heteroatoms. The standard InChI is InChI=1S/C21H26N2O2/c1-17(20-11-7-4-8-12-20)15-22-21(25)16-23(18(2)24)14-13-19-9-5-3-6-10-19/h3-12,17H,13-16H2,1-2H3,(H,22,25)/t17-/m1/s1. The van der Waals surface area contributed by atoms with Gasteiger partial charge in [0.2, 0.25) is 11.8 Å². The van der Waals surface area contributed by atoms with Crippen molar-refractivity contribution in [3.63, 3.8) is 0 Å². The smallest absolute Gasteiger partial charge is 0.239 e. The van der Waals surface area contributed by atoms with Gasteiger partial charge >= 0.3 is 0 Å². The molecule has 2 aromatic rings. The molecule has 0 bridgehead atoms. The number of benzene rings is 2. The largest absolute Gasteiger partial charge is 0.354 e. The summed E-state index contributed by atoms with van der Waals surface area (Å²) in [6.07, 6.45) is 0.744. The lowest BCUT2D eigenvalue weighted by Crippen LogP contribution is -2.41. The topological polar surface area (TPSA) is 49.4 Å². The van der Waals surface area contributed by atoms with Crippen LogP contribution >= 0.6 is 0 Å². The Hall–Kier alpha value is -2.62. The van der Waals surface area contributed by atoms with E-state index in [4.69, 9.17) is 0 Å². The maximum Gasteiger partial charge on any atom is 0.239 e. The lowest BCUT2D eigenvalue weighted by molar-refractivity contribution is -0.134. The molecule has 0 aromatic heterocycles. The van der Waals surface area contributed by atoms with Crippen molar-refractivity contribution in [1.82, 2.24) is 10.2 Å². The number of nitrogens with zero attached hydrogens (tertiary/aromatic N) is 1. The Morgan fingerprint density at radius 3 is 2.20 bits per heavy atom. The number of hydrogen-bond donors (Lipinski definition) is 1. The first kappa shape index (κ1) is 18.7. The van der Waals surface area contributed by atoms with E-state index in [9.17, 15) is 9.59 Å². The van der Waals surface area contributed by atoms with Crippen molar-refractivity contribution in [2.24, 2.45) is 0 Å². The first-order chi connectivity index (χ1) is 12.1. The fourth-order valence-corrected chi connectivity index (χ4v) is 2.65. The highest BCUT2D eigenvalue weighted by Crippen LogP contribution is 2.12. The molecule has 0 heterocycles. The summed E-state index contributed by atoms with van der Waals surface area (Å²) in [5.74, 6) is 0.0356. The maximum absolute atomic E-state index is 12.2. The van der Waals surface area contributed by atoms with Crippen LogP contribution in [0.4, 0.5) is 0 Å². The summed E-state index contributed by atoms with van der Waals surface area (Å²) in [7, 11) is 0. The number of rotatable bonds is 8. The minimum atomic E-state index is -0.119. The van der Waals surface area contributed by atoms with Crippen molar-refractivity contribution in [2.45, 2.75) is 26.2 Å². The van der Waals surface area contributed by atoms with Crippen molar-refractivity contribution < 1.29 is 9.59 Å². The van der Waals surface area contributed by atoms with Gasteiger partial charge in [0.25, 0.3) is 0 Å². The summed E-state index contributed by atoms with van der Waals surface area (Å²) < 4.78 is 0. The molecule has 0 fully saturated rings. The van der Waals surface area contributed by atoms with Crippen LogP contribution in [-0.2, 0) is 16.0 Å². The molecular weight excluding hydrogens is 312 g/mol. The molecule has 1 N–H and O–H groups in total. The quantitative estimate of drug-likeness (QED) is 0.804. The Kier molecular flexibility index (Phi) is 7.20. The van der Waals surface area contributed by atoms with Crippen LogP contribution in [0.5, 0.6) is 0 Å². The van der Waals surface area contributed by atoms with Crippen LogP contribution in [0, 0.1) is 0 Å². The molecule has 0 aliphatic heterocycles. The minimum Gasteiger partial charge on any atom is -0.354 e. The zero-order chi connectivity index (χ0) is 18.1. The third-order valence-electron chi connectivity index (χ3n) is 4.27. The lowest BCUT2D eigenvalue weighted by Gasteiger charge is -2.21. The van der Waals surface area contributed by atoms with Gasteiger partial charge in [0.1, 0.15) is 0 Å². The van der Waals surface area contributed by atoms with Gasteiger partial charge in [-0.3, -0.25) is 9.59 Å². The Labute approximate surface area is 149 Å². The average Bonchev–Trinajstić information content (AvgIpc) is 2.64. The predicted octanol–water partition coefficient (Wildman–Crippen LogP) is 3.00. The van der Waals surface area contributed by atoms with Crippen molar-refractivity contribution in [2.75, 3.05) is 19.6 Å². The van der Waals surface area contributed by atoms with E-state index in [0.717, 1.165) is 12.0 Å². The molecule has 4 nitrogen and oxygen atoms in total. The Morgan fingerprint density at radius 1 is 1.00 bits per heavy atom. The molecule has 0 aliphatic rings. The van der Waals surface area contributed by atoms with E-state index in [-0.39, 0.29) is 24.3 Å². The van der Waals surface area contributed by atoms with Crippen LogP contribution in [0.25, 0.3) is 0 Å². The van der Waals surface area contributed by atoms with Crippen molar-refractivity contribution in [3.8, 4) is 0 Å².